The van der Waals surface area contributed by atoms with Crippen molar-refractivity contribution in [2.75, 3.05) is 18.8 Å². The Bertz CT molecular complexity index is 693. The minimum atomic E-state index is -3.45. The first-order valence-electron chi connectivity index (χ1n) is 6.52. The quantitative estimate of drug-likeness (QED) is 0.762. The van der Waals surface area contributed by atoms with Crippen molar-refractivity contribution in [3.63, 3.8) is 0 Å². The minimum absolute atomic E-state index is 0.270. The average Bonchev–Trinajstić information content (AvgIpc) is 2.83. The molecule has 2 heterocycles. The van der Waals surface area contributed by atoms with E-state index in [0.717, 1.165) is 5.75 Å². The molecule has 0 atom stereocenters. The van der Waals surface area contributed by atoms with Crippen molar-refractivity contribution in [2.24, 2.45) is 0 Å². The van der Waals surface area contributed by atoms with Crippen LogP contribution in [0.4, 0.5) is 0 Å². The first-order chi connectivity index (χ1) is 9.54. The summed E-state index contributed by atoms with van der Waals surface area (Å²) in [5.74, 6) is 0.855. The molecule has 0 N–H and O–H groups in total. The number of thioether (sulfide) groups is 1. The van der Waals surface area contributed by atoms with E-state index in [9.17, 15) is 8.42 Å². The zero-order valence-electron chi connectivity index (χ0n) is 11.8. The van der Waals surface area contributed by atoms with E-state index < -0.39 is 10.0 Å². The van der Waals surface area contributed by atoms with E-state index in [1.807, 2.05) is 20.8 Å². The topological polar surface area (TPSA) is 67.6 Å². The van der Waals surface area contributed by atoms with Crippen LogP contribution in [-0.2, 0) is 10.0 Å². The molecule has 0 unspecified atom stereocenters. The lowest BCUT2D eigenvalue weighted by molar-refractivity contribution is 0.445. The Kier molecular flexibility index (Phi) is 4.66. The molecule has 6 nitrogen and oxygen atoms in total. The highest BCUT2D eigenvalue weighted by atomic mass is 32.2. The van der Waals surface area contributed by atoms with E-state index in [1.54, 1.807) is 22.7 Å². The van der Waals surface area contributed by atoms with Gasteiger partial charge in [0.2, 0.25) is 10.0 Å². The zero-order valence-corrected chi connectivity index (χ0v) is 13.4. The van der Waals surface area contributed by atoms with Gasteiger partial charge in [0, 0.05) is 19.3 Å². The molecule has 0 aromatic carbocycles. The highest BCUT2D eigenvalue weighted by molar-refractivity contribution is 7.99. The Labute approximate surface area is 123 Å². The average molecular weight is 314 g/mol. The maximum atomic E-state index is 12.5. The smallest absolute Gasteiger partial charge is 0.244 e. The van der Waals surface area contributed by atoms with Gasteiger partial charge in [0.15, 0.2) is 10.8 Å². The molecule has 20 heavy (non-hydrogen) atoms. The molecular formula is C12H18N4O2S2. The Hall–Kier alpha value is -1.12. The Morgan fingerprint density at radius 2 is 1.90 bits per heavy atom. The fourth-order valence-electron chi connectivity index (χ4n) is 1.94. The van der Waals surface area contributed by atoms with E-state index in [0.29, 0.717) is 23.9 Å². The lowest BCUT2D eigenvalue weighted by atomic mass is 10.5. The number of sulfonamides is 1. The molecule has 2 aromatic rings. The molecular weight excluding hydrogens is 296 g/mol. The van der Waals surface area contributed by atoms with Crippen LogP contribution in [0.3, 0.4) is 0 Å². The van der Waals surface area contributed by atoms with Gasteiger partial charge in [-0.1, -0.05) is 32.5 Å². The molecule has 2 rings (SSSR count). The van der Waals surface area contributed by atoms with Crippen molar-refractivity contribution >= 4 is 27.4 Å². The third kappa shape index (κ3) is 2.68. The third-order valence-corrected chi connectivity index (χ3v) is 5.82. The van der Waals surface area contributed by atoms with Crippen molar-refractivity contribution in [1.82, 2.24) is 18.9 Å². The molecule has 110 valence electrons. The van der Waals surface area contributed by atoms with Gasteiger partial charge in [-0.05, 0) is 17.9 Å². The fraction of sp³-hybridized carbons (Fsp3) is 0.500. The normalized spacial score (nSPS) is 12.4. The summed E-state index contributed by atoms with van der Waals surface area (Å²) >= 11 is 1.53. The maximum absolute atomic E-state index is 12.5. The van der Waals surface area contributed by atoms with E-state index >= 15 is 0 Å². The lowest BCUT2D eigenvalue weighted by Gasteiger charge is -2.18. The maximum Gasteiger partial charge on any atom is 0.244 e. The first kappa shape index (κ1) is 15.3. The van der Waals surface area contributed by atoms with Crippen LogP contribution in [0.1, 0.15) is 20.8 Å². The molecule has 0 spiro atoms. The van der Waals surface area contributed by atoms with Gasteiger partial charge < -0.3 is 0 Å². The summed E-state index contributed by atoms with van der Waals surface area (Å²) in [5, 5.41) is 8.80. The number of hydrogen-bond acceptors (Lipinski definition) is 5. The standard InChI is InChI=1S/C12H18N4O2S2/c1-4-15(5-2)20(17,18)10-7-8-11-13-14-12(19-6-3)16(11)9-10/h7-9H,4-6H2,1-3H3. The molecule has 0 aliphatic rings. The molecule has 0 fully saturated rings. The SMILES string of the molecule is CCSc1nnc2ccc(S(=O)(=O)N(CC)CC)cn12. The van der Waals surface area contributed by atoms with E-state index in [4.69, 9.17) is 0 Å². The van der Waals surface area contributed by atoms with Crippen LogP contribution in [0, 0.1) is 0 Å². The number of nitrogens with zero attached hydrogens (tertiary/aromatic N) is 4. The zero-order chi connectivity index (χ0) is 14.8. The lowest BCUT2D eigenvalue weighted by Crippen LogP contribution is -2.30. The van der Waals surface area contributed by atoms with Crippen molar-refractivity contribution in [3.8, 4) is 0 Å². The number of pyridine rings is 1. The van der Waals surface area contributed by atoms with Gasteiger partial charge in [0.1, 0.15) is 0 Å². The number of fused-ring (bicyclic) bond motifs is 1. The molecule has 8 heteroatoms. The highest BCUT2D eigenvalue weighted by Gasteiger charge is 2.22. The summed E-state index contributed by atoms with van der Waals surface area (Å²) in [6.07, 6.45) is 1.60. The van der Waals surface area contributed by atoms with Crippen molar-refractivity contribution in [3.05, 3.63) is 18.3 Å². The van der Waals surface area contributed by atoms with Crippen molar-refractivity contribution < 1.29 is 8.42 Å². The second kappa shape index (κ2) is 6.11. The van der Waals surface area contributed by atoms with Gasteiger partial charge in [0.25, 0.3) is 0 Å². The fourth-order valence-corrected chi connectivity index (χ4v) is 4.04. The van der Waals surface area contributed by atoms with Crippen LogP contribution < -0.4 is 0 Å². The highest BCUT2D eigenvalue weighted by Crippen LogP contribution is 2.20. The van der Waals surface area contributed by atoms with Crippen LogP contribution in [0.2, 0.25) is 0 Å². The van der Waals surface area contributed by atoms with E-state index in [-0.39, 0.29) is 4.90 Å². The van der Waals surface area contributed by atoms with Gasteiger partial charge in [-0.3, -0.25) is 4.40 Å². The Balaban J connectivity index is 2.52. The van der Waals surface area contributed by atoms with Gasteiger partial charge in [-0.15, -0.1) is 10.2 Å². The van der Waals surface area contributed by atoms with Crippen LogP contribution in [0.15, 0.2) is 28.4 Å². The van der Waals surface area contributed by atoms with Gasteiger partial charge in [-0.25, -0.2) is 8.42 Å². The molecule has 0 aliphatic heterocycles. The van der Waals surface area contributed by atoms with Crippen LogP contribution in [0.5, 0.6) is 0 Å². The summed E-state index contributed by atoms with van der Waals surface area (Å²) in [6, 6.07) is 3.27. The Morgan fingerprint density at radius 3 is 2.50 bits per heavy atom. The number of aromatic nitrogens is 3. The van der Waals surface area contributed by atoms with Crippen molar-refractivity contribution in [2.45, 2.75) is 30.8 Å². The molecule has 0 bridgehead atoms. The molecule has 0 amide bonds. The van der Waals surface area contributed by atoms with Crippen molar-refractivity contribution in [1.29, 1.82) is 0 Å². The summed E-state index contributed by atoms with van der Waals surface area (Å²) in [7, 11) is -3.45. The summed E-state index contributed by atoms with van der Waals surface area (Å²) in [5.41, 5.74) is 0.652. The van der Waals surface area contributed by atoms with Crippen LogP contribution >= 0.6 is 11.8 Å². The molecule has 2 aromatic heterocycles. The first-order valence-corrected chi connectivity index (χ1v) is 8.94. The van der Waals surface area contributed by atoms with Gasteiger partial charge >= 0.3 is 0 Å². The third-order valence-electron chi connectivity index (χ3n) is 2.96. The van der Waals surface area contributed by atoms with Crippen LogP contribution in [-0.4, -0.2) is 46.2 Å². The number of hydrogen-bond donors (Lipinski definition) is 0. The second-order valence-corrected chi connectivity index (χ2v) is 7.27. The minimum Gasteiger partial charge on any atom is -0.276 e. The predicted molar refractivity (Wildman–Crippen MR) is 79.5 cm³/mol. The molecule has 0 saturated heterocycles. The summed E-state index contributed by atoms with van der Waals surface area (Å²) < 4.78 is 28.2. The number of rotatable bonds is 6. The van der Waals surface area contributed by atoms with Crippen LogP contribution in [0.25, 0.3) is 5.65 Å². The monoisotopic (exact) mass is 314 g/mol. The summed E-state index contributed by atoms with van der Waals surface area (Å²) in [4.78, 5) is 0.270. The van der Waals surface area contributed by atoms with E-state index in [2.05, 4.69) is 10.2 Å². The Morgan fingerprint density at radius 1 is 1.20 bits per heavy atom. The van der Waals surface area contributed by atoms with Gasteiger partial charge in [0.05, 0.1) is 4.90 Å². The second-order valence-electron chi connectivity index (χ2n) is 4.10. The molecule has 0 saturated carbocycles. The van der Waals surface area contributed by atoms with Gasteiger partial charge in [-0.2, -0.15) is 4.31 Å². The molecule has 0 aliphatic carbocycles. The largest absolute Gasteiger partial charge is 0.276 e. The molecule has 0 radical (unpaired) electrons. The summed E-state index contributed by atoms with van der Waals surface area (Å²) in [6.45, 7) is 6.58. The predicted octanol–water partition coefficient (Wildman–Crippen LogP) is 1.87. The van der Waals surface area contributed by atoms with E-state index in [1.165, 1.54) is 16.1 Å².